The van der Waals surface area contributed by atoms with Crippen molar-refractivity contribution >= 4 is 38.9 Å². The number of aromatic nitrogens is 1. The van der Waals surface area contributed by atoms with E-state index in [-0.39, 0.29) is 10.8 Å². The first-order valence-electron chi connectivity index (χ1n) is 21.9. The Hall–Kier alpha value is -7.42. The largest absolute Gasteiger partial charge is 0.309 e. The monoisotopic (exact) mass is 794 g/mol. The lowest BCUT2D eigenvalue weighted by Gasteiger charge is -2.30. The maximum atomic E-state index is 2.51. The summed E-state index contributed by atoms with van der Waals surface area (Å²) in [7, 11) is 0. The Kier molecular flexibility index (Phi) is 7.96. The number of nitrogens with zero attached hydrogens (tertiary/aromatic N) is 2. The highest BCUT2D eigenvalue weighted by molar-refractivity contribution is 6.11. The smallest absolute Gasteiger partial charge is 0.0547 e. The van der Waals surface area contributed by atoms with Crippen molar-refractivity contribution in [1.82, 2.24) is 4.57 Å². The Labute approximate surface area is 364 Å². The molecule has 0 aliphatic heterocycles. The molecule has 0 saturated heterocycles. The lowest BCUT2D eigenvalue weighted by atomic mass is 9.82. The Balaban J connectivity index is 1.07. The first-order chi connectivity index (χ1) is 30.3. The number of benzene rings is 9. The van der Waals surface area contributed by atoms with Crippen LogP contribution in [0, 0.1) is 0 Å². The Morgan fingerprint density at radius 1 is 0.355 bits per heavy atom. The minimum absolute atomic E-state index is 0.0569. The van der Waals surface area contributed by atoms with E-state index in [0.29, 0.717) is 0 Å². The molecule has 0 amide bonds. The van der Waals surface area contributed by atoms with Gasteiger partial charge in [-0.1, -0.05) is 185 Å². The molecule has 0 bridgehead atoms. The normalized spacial score (nSPS) is 14.1. The van der Waals surface area contributed by atoms with E-state index in [1.807, 2.05) is 0 Å². The molecule has 2 aliphatic carbocycles. The van der Waals surface area contributed by atoms with Crippen molar-refractivity contribution in [2.24, 2.45) is 0 Å². The lowest BCUT2D eigenvalue weighted by molar-refractivity contribution is 0.660. The van der Waals surface area contributed by atoms with Gasteiger partial charge in [-0.15, -0.1) is 0 Å². The molecule has 0 spiro atoms. The molecule has 0 fully saturated rings. The van der Waals surface area contributed by atoms with Gasteiger partial charge in [0.15, 0.2) is 0 Å². The van der Waals surface area contributed by atoms with Gasteiger partial charge in [-0.2, -0.15) is 0 Å². The van der Waals surface area contributed by atoms with Crippen LogP contribution in [0.5, 0.6) is 0 Å². The van der Waals surface area contributed by atoms with Crippen LogP contribution in [0.15, 0.2) is 206 Å². The zero-order valence-corrected chi connectivity index (χ0v) is 35.5. The topological polar surface area (TPSA) is 8.17 Å². The van der Waals surface area contributed by atoms with Crippen molar-refractivity contribution < 1.29 is 0 Å². The van der Waals surface area contributed by atoms with Gasteiger partial charge in [0.1, 0.15) is 0 Å². The maximum Gasteiger partial charge on any atom is 0.0547 e. The third kappa shape index (κ3) is 5.23. The zero-order chi connectivity index (χ0) is 41.7. The average molecular weight is 795 g/mol. The highest BCUT2D eigenvalue weighted by atomic mass is 15.1. The minimum Gasteiger partial charge on any atom is -0.309 e. The molecule has 10 aromatic rings. The summed E-state index contributed by atoms with van der Waals surface area (Å²) in [5, 5.41) is 2.50. The van der Waals surface area contributed by atoms with Gasteiger partial charge < -0.3 is 9.47 Å². The summed E-state index contributed by atoms with van der Waals surface area (Å²) in [6.07, 6.45) is 0. The molecule has 1 heterocycles. The molecule has 0 atom stereocenters. The summed E-state index contributed by atoms with van der Waals surface area (Å²) in [6, 6.07) is 76.5. The predicted molar refractivity (Wildman–Crippen MR) is 261 cm³/mol. The van der Waals surface area contributed by atoms with E-state index in [1.54, 1.807) is 0 Å². The Bertz CT molecular complexity index is 3400. The molecular weight excluding hydrogens is 749 g/mol. The quantitative estimate of drug-likeness (QED) is 0.163. The van der Waals surface area contributed by atoms with Crippen LogP contribution in [-0.4, -0.2) is 4.57 Å². The number of rotatable bonds is 6. The fourth-order valence-corrected chi connectivity index (χ4v) is 11.0. The van der Waals surface area contributed by atoms with Crippen LogP contribution >= 0.6 is 0 Å². The van der Waals surface area contributed by atoms with E-state index in [9.17, 15) is 0 Å². The summed E-state index contributed by atoms with van der Waals surface area (Å²) < 4.78 is 2.41. The highest BCUT2D eigenvalue weighted by Gasteiger charge is 2.39. The molecule has 2 aliphatic rings. The summed E-state index contributed by atoms with van der Waals surface area (Å²) in [6.45, 7) is 9.45. The molecule has 0 unspecified atom stereocenters. The number of para-hydroxylation sites is 3. The van der Waals surface area contributed by atoms with Crippen molar-refractivity contribution in [3.05, 3.63) is 229 Å². The summed E-state index contributed by atoms with van der Waals surface area (Å²) in [5.74, 6) is 0. The predicted octanol–water partition coefficient (Wildman–Crippen LogP) is 16.2. The first kappa shape index (κ1) is 36.4. The molecule has 0 N–H and O–H groups in total. The van der Waals surface area contributed by atoms with Crippen LogP contribution < -0.4 is 4.90 Å². The lowest BCUT2D eigenvalue weighted by Crippen LogP contribution is -2.16. The first-order valence-corrected chi connectivity index (χ1v) is 21.9. The number of hydrogen-bond acceptors (Lipinski definition) is 1. The second kappa shape index (κ2) is 13.5. The van der Waals surface area contributed by atoms with Gasteiger partial charge >= 0.3 is 0 Å². The number of anilines is 3. The molecular formula is C60H46N2. The highest BCUT2D eigenvalue weighted by Crippen LogP contribution is 2.56. The molecule has 62 heavy (non-hydrogen) atoms. The van der Waals surface area contributed by atoms with E-state index < -0.39 is 0 Å². The molecule has 1 aromatic heterocycles. The third-order valence-corrected chi connectivity index (χ3v) is 14.0. The van der Waals surface area contributed by atoms with Crippen LogP contribution in [0.2, 0.25) is 0 Å². The molecule has 9 aromatic carbocycles. The number of hydrogen-bond donors (Lipinski definition) is 0. The third-order valence-electron chi connectivity index (χ3n) is 14.0. The van der Waals surface area contributed by atoms with E-state index in [1.165, 1.54) is 94.3 Å². The molecule has 2 nitrogen and oxygen atoms in total. The van der Waals surface area contributed by atoms with Crippen LogP contribution in [0.25, 0.3) is 72.0 Å². The fraction of sp³-hybridized carbons (Fsp3) is 0.100. The Morgan fingerprint density at radius 3 is 1.61 bits per heavy atom. The average Bonchev–Trinajstić information content (AvgIpc) is 3.87. The zero-order valence-electron chi connectivity index (χ0n) is 35.5. The Morgan fingerprint density at radius 2 is 0.871 bits per heavy atom. The van der Waals surface area contributed by atoms with Gasteiger partial charge in [0.2, 0.25) is 0 Å². The summed E-state index contributed by atoms with van der Waals surface area (Å²) >= 11 is 0. The van der Waals surface area contributed by atoms with Crippen LogP contribution in [0.3, 0.4) is 0 Å². The van der Waals surface area contributed by atoms with Gasteiger partial charge in [0.25, 0.3) is 0 Å². The molecule has 12 rings (SSSR count). The summed E-state index contributed by atoms with van der Waals surface area (Å²) in [4.78, 5) is 2.51. The minimum atomic E-state index is -0.134. The summed E-state index contributed by atoms with van der Waals surface area (Å²) in [5.41, 5.74) is 22.4. The van der Waals surface area contributed by atoms with Crippen molar-refractivity contribution in [3.63, 3.8) is 0 Å². The number of fused-ring (bicyclic) bond motifs is 9. The van der Waals surface area contributed by atoms with Crippen molar-refractivity contribution in [3.8, 4) is 50.2 Å². The molecule has 2 heteroatoms. The van der Waals surface area contributed by atoms with E-state index >= 15 is 0 Å². The van der Waals surface area contributed by atoms with Crippen LogP contribution in [0.1, 0.15) is 49.9 Å². The van der Waals surface area contributed by atoms with Gasteiger partial charge in [0, 0.05) is 44.1 Å². The fourth-order valence-electron chi connectivity index (χ4n) is 11.0. The van der Waals surface area contributed by atoms with Crippen LogP contribution in [0.4, 0.5) is 17.1 Å². The van der Waals surface area contributed by atoms with Crippen molar-refractivity contribution in [2.75, 3.05) is 4.90 Å². The van der Waals surface area contributed by atoms with E-state index in [4.69, 9.17) is 0 Å². The van der Waals surface area contributed by atoms with Crippen LogP contribution in [-0.2, 0) is 10.8 Å². The van der Waals surface area contributed by atoms with Gasteiger partial charge in [0.05, 0.1) is 22.4 Å². The SMILES string of the molecule is CC1(C)c2ccccc2-c2c(-c3ccc(N(c4ccccc4-c4ccc5c6ccccc6n(-c6ccccc6)c5c4)c4cccc5c4-c4ccccc4C5(C)C)cc3)cccc21. The second-order valence-corrected chi connectivity index (χ2v) is 18.1. The molecule has 296 valence electrons. The van der Waals surface area contributed by atoms with Gasteiger partial charge in [-0.25, -0.2) is 0 Å². The van der Waals surface area contributed by atoms with Crippen molar-refractivity contribution in [2.45, 2.75) is 38.5 Å². The molecule has 0 saturated carbocycles. The standard InChI is InChI=1S/C60H46N2/c1-59(2)49-25-12-8-22-47(49)57-44(24-16-27-51(57)59)39-32-35-42(36-33-39)61(55-31-17-28-52-58(55)48-23-9-13-26-50(48)60(52,3)4)53-29-14-10-20-43(53)40-34-37-46-45-21-11-15-30-54(45)62(56(46)38-40)41-18-6-5-7-19-41/h5-38H,1-4H3. The second-order valence-electron chi connectivity index (χ2n) is 18.1. The maximum absolute atomic E-state index is 2.51. The van der Waals surface area contributed by atoms with Crippen molar-refractivity contribution in [1.29, 1.82) is 0 Å². The van der Waals surface area contributed by atoms with Gasteiger partial charge in [-0.05, 0) is 104 Å². The van der Waals surface area contributed by atoms with E-state index in [0.717, 1.165) is 17.1 Å². The van der Waals surface area contributed by atoms with E-state index in [2.05, 4.69) is 243 Å². The molecule has 0 radical (unpaired) electrons. The van der Waals surface area contributed by atoms with Gasteiger partial charge in [-0.3, -0.25) is 0 Å².